The minimum atomic E-state index is 0.706. The first kappa shape index (κ1) is 6.09. The van der Waals surface area contributed by atoms with E-state index in [2.05, 4.69) is 16.8 Å². The second-order valence-electron chi connectivity index (χ2n) is 2.39. The van der Waals surface area contributed by atoms with Crippen molar-refractivity contribution in [2.45, 2.75) is 23.5 Å². The Hall–Kier alpha value is 0.349. The van der Waals surface area contributed by atoms with Gasteiger partial charge in [0.2, 0.25) is 0 Å². The van der Waals surface area contributed by atoms with E-state index in [0.717, 1.165) is 5.25 Å². The van der Waals surface area contributed by atoms with Gasteiger partial charge in [0.1, 0.15) is 0 Å². The minimum absolute atomic E-state index is 0.706. The molecular weight excluding hydrogens is 195 g/mol. The van der Waals surface area contributed by atoms with Gasteiger partial charge in [0.25, 0.3) is 0 Å². The van der Waals surface area contributed by atoms with Crippen molar-refractivity contribution in [1.82, 2.24) is 0 Å². The van der Waals surface area contributed by atoms with Crippen molar-refractivity contribution in [3.05, 3.63) is 15.4 Å². The molecule has 0 saturated heterocycles. The molecule has 2 rings (SSSR count). The van der Waals surface area contributed by atoms with Crippen LogP contribution in [0.5, 0.6) is 0 Å². The molecule has 0 radical (unpaired) electrons. The summed E-state index contributed by atoms with van der Waals surface area (Å²) in [7, 11) is 0. The summed E-state index contributed by atoms with van der Waals surface area (Å²) in [5.41, 5.74) is 1.63. The van der Waals surface area contributed by atoms with E-state index in [-0.39, 0.29) is 0 Å². The van der Waals surface area contributed by atoms with E-state index >= 15 is 0 Å². The quantitative estimate of drug-likeness (QED) is 0.579. The standard InChI is InChI=1S/C7H8SSe/c1-5-2-6-3-9-4-7(6)8-5/h3-5H,2H2,1H3. The molecule has 1 aromatic heterocycles. The van der Waals surface area contributed by atoms with Crippen LogP contribution in [0.2, 0.25) is 0 Å². The van der Waals surface area contributed by atoms with E-state index < -0.39 is 0 Å². The predicted molar refractivity (Wildman–Crippen MR) is 42.4 cm³/mol. The van der Waals surface area contributed by atoms with Gasteiger partial charge in [-0.1, -0.05) is 0 Å². The van der Waals surface area contributed by atoms with Gasteiger partial charge in [-0.3, -0.25) is 0 Å². The van der Waals surface area contributed by atoms with Crippen molar-refractivity contribution in [2.75, 3.05) is 0 Å². The van der Waals surface area contributed by atoms with E-state index in [1.54, 1.807) is 10.5 Å². The van der Waals surface area contributed by atoms with Crippen LogP contribution in [0.15, 0.2) is 14.8 Å². The average Bonchev–Trinajstić information content (AvgIpc) is 2.22. The van der Waals surface area contributed by atoms with Crippen molar-refractivity contribution in [3.63, 3.8) is 0 Å². The van der Waals surface area contributed by atoms with Gasteiger partial charge in [-0.15, -0.1) is 0 Å². The van der Waals surface area contributed by atoms with Gasteiger partial charge in [-0.2, -0.15) is 0 Å². The van der Waals surface area contributed by atoms with Crippen LogP contribution in [0.25, 0.3) is 0 Å². The second kappa shape index (κ2) is 2.19. The first-order valence-electron chi connectivity index (χ1n) is 3.08. The zero-order valence-corrected chi connectivity index (χ0v) is 7.79. The molecular formula is C7H8SSe. The third-order valence-electron chi connectivity index (χ3n) is 1.54. The first-order valence-corrected chi connectivity index (χ1v) is 5.94. The monoisotopic (exact) mass is 204 g/mol. The summed E-state index contributed by atoms with van der Waals surface area (Å²) in [5.74, 6) is 0. The summed E-state index contributed by atoms with van der Waals surface area (Å²) in [6.45, 7) is 2.30. The SMILES string of the molecule is CC1Cc2c[se]cc2S1. The molecule has 1 aliphatic rings. The zero-order valence-electron chi connectivity index (χ0n) is 5.26. The Morgan fingerprint density at radius 3 is 3.33 bits per heavy atom. The molecule has 48 valence electrons. The third kappa shape index (κ3) is 1.000. The molecule has 2 heterocycles. The normalized spacial score (nSPS) is 24.3. The Morgan fingerprint density at radius 1 is 1.67 bits per heavy atom. The molecule has 9 heavy (non-hydrogen) atoms. The molecule has 0 N–H and O–H groups in total. The van der Waals surface area contributed by atoms with Crippen LogP contribution in [-0.2, 0) is 6.42 Å². The number of rotatable bonds is 0. The number of fused-ring (bicyclic) bond motifs is 1. The molecule has 1 unspecified atom stereocenters. The molecule has 0 fully saturated rings. The summed E-state index contributed by atoms with van der Waals surface area (Å²) in [4.78, 5) is 6.40. The number of hydrogen-bond acceptors (Lipinski definition) is 1. The number of thioether (sulfide) groups is 1. The first-order chi connectivity index (χ1) is 4.36. The summed E-state index contributed by atoms with van der Waals surface area (Å²) in [5, 5.41) is 0.846. The summed E-state index contributed by atoms with van der Waals surface area (Å²) < 4.78 is 0. The summed E-state index contributed by atoms with van der Waals surface area (Å²) in [6.07, 6.45) is 1.32. The molecule has 0 saturated carbocycles. The van der Waals surface area contributed by atoms with Gasteiger partial charge in [0.05, 0.1) is 0 Å². The van der Waals surface area contributed by atoms with Gasteiger partial charge in [0, 0.05) is 0 Å². The zero-order chi connectivity index (χ0) is 6.27. The van der Waals surface area contributed by atoms with E-state index in [4.69, 9.17) is 0 Å². The molecule has 2 heteroatoms. The Bertz CT molecular complexity index is 196. The van der Waals surface area contributed by atoms with Crippen LogP contribution < -0.4 is 0 Å². The molecule has 1 aromatic rings. The van der Waals surface area contributed by atoms with Gasteiger partial charge in [-0.05, 0) is 0 Å². The molecule has 0 amide bonds. The Kier molecular flexibility index (Phi) is 1.48. The third-order valence-corrected chi connectivity index (χ3v) is 4.74. The van der Waals surface area contributed by atoms with Crippen molar-refractivity contribution < 1.29 is 0 Å². The topological polar surface area (TPSA) is 0 Å². The van der Waals surface area contributed by atoms with E-state index in [1.807, 2.05) is 11.8 Å². The molecule has 0 spiro atoms. The van der Waals surface area contributed by atoms with Crippen LogP contribution >= 0.6 is 11.8 Å². The second-order valence-corrected chi connectivity index (χ2v) is 5.43. The number of hydrogen-bond donors (Lipinski definition) is 0. The Labute approximate surface area is 65.4 Å². The van der Waals surface area contributed by atoms with Crippen LogP contribution in [0.1, 0.15) is 12.5 Å². The molecule has 0 bridgehead atoms. The van der Waals surface area contributed by atoms with Crippen molar-refractivity contribution >= 4 is 26.3 Å². The van der Waals surface area contributed by atoms with Gasteiger partial charge < -0.3 is 0 Å². The maximum absolute atomic E-state index is 2.42. The fraction of sp³-hybridized carbons (Fsp3) is 0.429. The van der Waals surface area contributed by atoms with E-state index in [1.165, 1.54) is 6.42 Å². The van der Waals surface area contributed by atoms with E-state index in [9.17, 15) is 0 Å². The molecule has 1 atom stereocenters. The van der Waals surface area contributed by atoms with Crippen LogP contribution in [0.4, 0.5) is 0 Å². The molecule has 0 aliphatic carbocycles. The van der Waals surface area contributed by atoms with Crippen LogP contribution in [-0.4, -0.2) is 19.8 Å². The van der Waals surface area contributed by atoms with Crippen LogP contribution in [0, 0.1) is 0 Å². The van der Waals surface area contributed by atoms with Gasteiger partial charge in [-0.25, -0.2) is 0 Å². The molecule has 0 nitrogen and oxygen atoms in total. The Morgan fingerprint density at radius 2 is 2.56 bits per heavy atom. The van der Waals surface area contributed by atoms with Crippen LogP contribution in [0.3, 0.4) is 0 Å². The van der Waals surface area contributed by atoms with Crippen molar-refractivity contribution in [2.24, 2.45) is 0 Å². The van der Waals surface area contributed by atoms with Crippen molar-refractivity contribution in [3.8, 4) is 0 Å². The van der Waals surface area contributed by atoms with Gasteiger partial charge >= 0.3 is 65.2 Å². The molecule has 1 aliphatic heterocycles. The fourth-order valence-electron chi connectivity index (χ4n) is 1.13. The summed E-state index contributed by atoms with van der Waals surface area (Å²) in [6, 6.07) is 0. The molecule has 0 aromatic carbocycles. The van der Waals surface area contributed by atoms with E-state index in [0.29, 0.717) is 14.5 Å². The predicted octanol–water partition coefficient (Wildman–Crippen LogP) is 1.78. The van der Waals surface area contributed by atoms with Crippen molar-refractivity contribution in [1.29, 1.82) is 0 Å². The summed E-state index contributed by atoms with van der Waals surface area (Å²) >= 11 is 2.75. The average molecular weight is 203 g/mol. The Balaban J connectivity index is 2.39. The fourth-order valence-corrected chi connectivity index (χ4v) is 4.52. The van der Waals surface area contributed by atoms with Gasteiger partial charge in [0.15, 0.2) is 0 Å². The maximum atomic E-state index is 2.42.